The highest BCUT2D eigenvalue weighted by Crippen LogP contribution is 2.42. The molecule has 2 aromatic rings. The first kappa shape index (κ1) is 31.1. The summed E-state index contributed by atoms with van der Waals surface area (Å²) in [7, 11) is -3.48. The molecule has 9 heteroatoms. The maximum atomic E-state index is 13.8. The van der Waals surface area contributed by atoms with Crippen molar-refractivity contribution in [2.45, 2.75) is 78.1 Å². The fourth-order valence-corrected chi connectivity index (χ4v) is 6.46. The van der Waals surface area contributed by atoms with E-state index in [1.54, 1.807) is 12.1 Å². The third-order valence-electron chi connectivity index (χ3n) is 7.25. The lowest BCUT2D eigenvalue weighted by molar-refractivity contribution is 0.0963. The van der Waals surface area contributed by atoms with Crippen LogP contribution in [0.15, 0.2) is 40.4 Å². The molecule has 0 radical (unpaired) electrons. The summed E-state index contributed by atoms with van der Waals surface area (Å²) < 4.78 is 31.3. The van der Waals surface area contributed by atoms with Gasteiger partial charge in [0, 0.05) is 29.2 Å². The first-order valence-electron chi connectivity index (χ1n) is 13.4. The number of aromatic hydroxyl groups is 1. The Hall–Kier alpha value is -2.39. The molecule has 214 valence electrons. The summed E-state index contributed by atoms with van der Waals surface area (Å²) in [5, 5.41) is 11.1. The molecule has 0 amide bonds. The summed E-state index contributed by atoms with van der Waals surface area (Å²) >= 11 is 3.31. The number of hydrogen-bond donors (Lipinski definition) is 2. The van der Waals surface area contributed by atoms with Crippen LogP contribution in [0, 0.1) is 5.92 Å². The Balaban J connectivity index is 2.03. The largest absolute Gasteiger partial charge is 0.507 e. The van der Waals surface area contributed by atoms with E-state index in [4.69, 9.17) is 0 Å². The van der Waals surface area contributed by atoms with Crippen molar-refractivity contribution in [1.29, 1.82) is 0 Å². The third kappa shape index (κ3) is 7.23. The molecule has 2 N–H and O–H groups in total. The number of ketones is 1. The number of sulfonamides is 1. The van der Waals surface area contributed by atoms with Crippen LogP contribution in [0.2, 0.25) is 0 Å². The van der Waals surface area contributed by atoms with Crippen molar-refractivity contribution in [2.24, 2.45) is 9.94 Å². The molecule has 0 aliphatic carbocycles. The lowest BCUT2D eigenvalue weighted by atomic mass is 9.78. The lowest BCUT2D eigenvalue weighted by Gasteiger charge is -2.28. The summed E-state index contributed by atoms with van der Waals surface area (Å²) in [4.78, 5) is 15.8. The molecule has 39 heavy (non-hydrogen) atoms. The first-order chi connectivity index (χ1) is 18.0. The van der Waals surface area contributed by atoms with E-state index in [-0.39, 0.29) is 40.7 Å². The van der Waals surface area contributed by atoms with Gasteiger partial charge in [-0.1, -0.05) is 73.1 Å². The van der Waals surface area contributed by atoms with Crippen molar-refractivity contribution in [3.05, 3.63) is 58.7 Å². The second-order valence-electron chi connectivity index (χ2n) is 12.7. The van der Waals surface area contributed by atoms with Crippen LogP contribution in [-0.2, 0) is 20.9 Å². The number of carbonyl (C=O) groups excluding carboxylic acids is 1. The highest BCUT2D eigenvalue weighted by Gasteiger charge is 2.41. The molecule has 1 aliphatic heterocycles. The second-order valence-corrected chi connectivity index (χ2v) is 14.8. The van der Waals surface area contributed by atoms with Crippen molar-refractivity contribution in [1.82, 2.24) is 4.90 Å². The molecule has 0 saturated carbocycles. The fraction of sp³-hybridized carbons (Fsp3) is 0.533. The van der Waals surface area contributed by atoms with E-state index in [1.807, 2.05) is 70.7 Å². The number of rotatable bonds is 8. The summed E-state index contributed by atoms with van der Waals surface area (Å²) in [6, 6.07) is 11.0. The zero-order chi connectivity index (χ0) is 29.3. The Morgan fingerprint density at radius 3 is 2.15 bits per heavy atom. The number of hydrogen-bond acceptors (Lipinski definition) is 5. The van der Waals surface area contributed by atoms with Gasteiger partial charge >= 0.3 is 0 Å². The monoisotopic (exact) mass is 619 g/mol. The lowest BCUT2D eigenvalue weighted by Crippen LogP contribution is -2.33. The second kappa shape index (κ2) is 11.6. The SMILES string of the molecule is CCC[C@H]1CN(CC(=O)c2cc(C(C)(C)C)c(O)c(C(C)(C)C)c2)C(=NBr)[C@@H]1c1ccccc1NS(C)(=O)=O. The molecule has 3 rings (SSSR count). The number of halogens is 1. The topological polar surface area (TPSA) is 99.1 Å². The van der Waals surface area contributed by atoms with Crippen LogP contribution in [-0.4, -0.2) is 49.4 Å². The quantitative estimate of drug-likeness (QED) is 0.318. The van der Waals surface area contributed by atoms with Crippen molar-refractivity contribution in [3.63, 3.8) is 0 Å². The summed E-state index contributed by atoms with van der Waals surface area (Å²) in [6.45, 7) is 15.0. The average Bonchev–Trinajstić information content (AvgIpc) is 3.13. The Labute approximate surface area is 242 Å². The summed E-state index contributed by atoms with van der Waals surface area (Å²) in [5.74, 6) is 0.858. The molecule has 2 atom stereocenters. The van der Waals surface area contributed by atoms with Crippen LogP contribution < -0.4 is 4.72 Å². The van der Waals surface area contributed by atoms with Gasteiger partial charge < -0.3 is 10.0 Å². The van der Waals surface area contributed by atoms with Gasteiger partial charge in [0.15, 0.2) is 5.78 Å². The Kier molecular flexibility index (Phi) is 9.27. The maximum absolute atomic E-state index is 13.8. The van der Waals surface area contributed by atoms with Crippen molar-refractivity contribution in [3.8, 4) is 5.75 Å². The van der Waals surface area contributed by atoms with E-state index in [0.717, 1.165) is 35.8 Å². The number of amidine groups is 1. The van der Waals surface area contributed by atoms with E-state index < -0.39 is 10.0 Å². The molecule has 1 fully saturated rings. The molecule has 0 aromatic heterocycles. The zero-order valence-corrected chi connectivity index (χ0v) is 26.7. The van der Waals surface area contributed by atoms with Gasteiger partial charge in [-0.15, -0.1) is 0 Å². The van der Waals surface area contributed by atoms with Gasteiger partial charge in [-0.25, -0.2) is 8.42 Å². The number of nitrogens with one attached hydrogen (secondary N) is 1. The molecule has 1 heterocycles. The van der Waals surface area contributed by atoms with Crippen LogP contribution in [0.25, 0.3) is 0 Å². The number of benzene rings is 2. The number of nitrogens with zero attached hydrogens (tertiary/aromatic N) is 2. The fourth-order valence-electron chi connectivity index (χ4n) is 5.43. The van der Waals surface area contributed by atoms with Crippen LogP contribution >= 0.6 is 16.1 Å². The zero-order valence-electron chi connectivity index (χ0n) is 24.3. The number of anilines is 1. The van der Waals surface area contributed by atoms with Gasteiger partial charge in [-0.3, -0.25) is 9.52 Å². The third-order valence-corrected chi connectivity index (χ3v) is 8.20. The van der Waals surface area contributed by atoms with Gasteiger partial charge in [-0.05, 0) is 46.9 Å². The molecule has 1 aliphatic rings. The van der Waals surface area contributed by atoms with Gasteiger partial charge in [0.1, 0.15) is 11.6 Å². The van der Waals surface area contributed by atoms with E-state index >= 15 is 0 Å². The number of likely N-dealkylation sites (tertiary alicyclic amines) is 1. The number of phenolic OH excluding ortho intramolecular Hbond substituents is 1. The Morgan fingerprint density at radius 1 is 1.10 bits per heavy atom. The highest BCUT2D eigenvalue weighted by atomic mass is 79.9. The maximum Gasteiger partial charge on any atom is 0.229 e. The van der Waals surface area contributed by atoms with E-state index in [1.165, 1.54) is 0 Å². The molecule has 1 saturated heterocycles. The number of para-hydroxylation sites is 1. The van der Waals surface area contributed by atoms with E-state index in [0.29, 0.717) is 23.6 Å². The van der Waals surface area contributed by atoms with E-state index in [2.05, 4.69) is 31.8 Å². The molecule has 2 aromatic carbocycles. The standard InChI is InChI=1S/C30H42BrN3O4S/c1-9-12-19-17-34(28(32-31)26(19)21-13-10-11-14-24(21)33-39(8,37)38)18-25(35)20-15-22(29(2,3)4)27(36)23(16-20)30(5,6)7/h10-11,13-16,19,26,33,36H,9,12,17-18H2,1-8H3/t19-,26-/m0/s1. The van der Waals surface area contributed by atoms with Gasteiger partial charge in [0.05, 0.1) is 34.6 Å². The van der Waals surface area contributed by atoms with Crippen molar-refractivity contribution < 1.29 is 18.3 Å². The summed E-state index contributed by atoms with van der Waals surface area (Å²) in [5.41, 5.74) is 2.73. The van der Waals surface area contributed by atoms with Crippen LogP contribution in [0.1, 0.15) is 94.3 Å². The highest BCUT2D eigenvalue weighted by molar-refractivity contribution is 9.08. The predicted octanol–water partition coefficient (Wildman–Crippen LogP) is 6.77. The number of Topliss-reactive ketones (excluding diaryl/α,β-unsaturated/α-hetero) is 1. The molecule has 0 unspecified atom stereocenters. The minimum atomic E-state index is -3.48. The van der Waals surface area contributed by atoms with E-state index in [9.17, 15) is 18.3 Å². The average molecular weight is 621 g/mol. The smallest absolute Gasteiger partial charge is 0.229 e. The number of carbonyl (C=O) groups is 1. The first-order valence-corrected chi connectivity index (χ1v) is 16.0. The summed E-state index contributed by atoms with van der Waals surface area (Å²) in [6.07, 6.45) is 2.99. The Bertz CT molecular complexity index is 1320. The molecule has 7 nitrogen and oxygen atoms in total. The Morgan fingerprint density at radius 2 is 1.67 bits per heavy atom. The molecular formula is C30H42BrN3O4S. The molecule has 0 bridgehead atoms. The number of phenols is 1. The van der Waals surface area contributed by atoms with Crippen LogP contribution in [0.5, 0.6) is 5.75 Å². The molecule has 0 spiro atoms. The van der Waals surface area contributed by atoms with Gasteiger partial charge in [0.2, 0.25) is 10.0 Å². The van der Waals surface area contributed by atoms with Crippen molar-refractivity contribution in [2.75, 3.05) is 24.1 Å². The minimum Gasteiger partial charge on any atom is -0.507 e. The minimum absolute atomic E-state index is 0.0573. The van der Waals surface area contributed by atoms with Gasteiger partial charge in [0.25, 0.3) is 0 Å². The van der Waals surface area contributed by atoms with Crippen LogP contribution in [0.4, 0.5) is 5.69 Å². The normalized spacial score (nSPS) is 19.5. The molecular weight excluding hydrogens is 578 g/mol. The predicted molar refractivity (Wildman–Crippen MR) is 164 cm³/mol. The van der Waals surface area contributed by atoms with Crippen LogP contribution in [0.3, 0.4) is 0 Å². The van der Waals surface area contributed by atoms with Crippen molar-refractivity contribution >= 4 is 43.5 Å². The van der Waals surface area contributed by atoms with Gasteiger partial charge in [-0.2, -0.15) is 4.02 Å².